The van der Waals surface area contributed by atoms with Gasteiger partial charge in [0.15, 0.2) is 0 Å². The molecule has 3 aromatic heterocycles. The van der Waals surface area contributed by atoms with Crippen molar-refractivity contribution in [1.29, 1.82) is 0 Å². The molecule has 1 N–H and O–H groups in total. The molecule has 0 aliphatic carbocycles. The van der Waals surface area contributed by atoms with Gasteiger partial charge < -0.3 is 0 Å². The van der Waals surface area contributed by atoms with Crippen molar-refractivity contribution in [2.24, 2.45) is 0 Å². The van der Waals surface area contributed by atoms with Gasteiger partial charge in [0.25, 0.3) is 0 Å². The van der Waals surface area contributed by atoms with Crippen molar-refractivity contribution in [3.63, 3.8) is 0 Å². The van der Waals surface area contributed by atoms with Crippen molar-refractivity contribution in [2.45, 2.75) is 26.9 Å². The van der Waals surface area contributed by atoms with E-state index in [1.165, 1.54) is 10.6 Å². The van der Waals surface area contributed by atoms with Crippen molar-refractivity contribution in [3.8, 4) is 10.6 Å². The standard InChI is InChI=1S/C16H21N5S/c1-12-9-13(2)21(19-12)7-6-20(3)11-14-10-15(18-17-14)16-5-4-8-22-16/h4-5,8-10H,6-7,11H2,1-3H3,(H,17,18). The number of hydrogen-bond donors (Lipinski definition) is 1. The zero-order valence-corrected chi connectivity index (χ0v) is 14.0. The second-order valence-electron chi connectivity index (χ2n) is 5.64. The third-order valence-electron chi connectivity index (χ3n) is 3.64. The molecule has 6 heteroatoms. The highest BCUT2D eigenvalue weighted by atomic mass is 32.1. The molecule has 0 saturated carbocycles. The van der Waals surface area contributed by atoms with Gasteiger partial charge in [-0.1, -0.05) is 6.07 Å². The third kappa shape index (κ3) is 3.45. The summed E-state index contributed by atoms with van der Waals surface area (Å²) in [6, 6.07) is 8.39. The SMILES string of the molecule is Cc1cc(C)n(CCN(C)Cc2cc(-c3cccs3)n[nH]2)n1. The topological polar surface area (TPSA) is 49.7 Å². The Morgan fingerprint density at radius 2 is 2.18 bits per heavy atom. The molecular weight excluding hydrogens is 294 g/mol. The van der Waals surface area contributed by atoms with E-state index in [-0.39, 0.29) is 0 Å². The molecule has 0 amide bonds. The summed E-state index contributed by atoms with van der Waals surface area (Å²) in [4.78, 5) is 3.48. The summed E-state index contributed by atoms with van der Waals surface area (Å²) in [7, 11) is 2.12. The number of hydrogen-bond acceptors (Lipinski definition) is 4. The molecule has 0 aliphatic heterocycles. The van der Waals surface area contributed by atoms with Gasteiger partial charge in [0.1, 0.15) is 5.69 Å². The Labute approximate surface area is 134 Å². The minimum absolute atomic E-state index is 0.859. The highest BCUT2D eigenvalue weighted by Gasteiger charge is 2.08. The Morgan fingerprint density at radius 1 is 1.32 bits per heavy atom. The van der Waals surface area contributed by atoms with Crippen molar-refractivity contribution >= 4 is 11.3 Å². The van der Waals surface area contributed by atoms with Crippen LogP contribution in [-0.2, 0) is 13.1 Å². The van der Waals surface area contributed by atoms with Crippen LogP contribution in [0.4, 0.5) is 0 Å². The first-order valence-corrected chi connectivity index (χ1v) is 8.27. The lowest BCUT2D eigenvalue weighted by molar-refractivity contribution is 0.300. The summed E-state index contributed by atoms with van der Waals surface area (Å²) in [5, 5.41) is 14.1. The van der Waals surface area contributed by atoms with Crippen molar-refractivity contribution in [3.05, 3.63) is 46.7 Å². The molecule has 3 aromatic rings. The van der Waals surface area contributed by atoms with Crippen molar-refractivity contribution < 1.29 is 0 Å². The molecule has 0 fully saturated rings. The molecule has 22 heavy (non-hydrogen) atoms. The average molecular weight is 315 g/mol. The van der Waals surface area contributed by atoms with E-state index in [2.05, 4.69) is 68.5 Å². The number of H-pyrrole nitrogens is 1. The van der Waals surface area contributed by atoms with Crippen molar-refractivity contribution in [2.75, 3.05) is 13.6 Å². The second kappa shape index (κ2) is 6.46. The predicted molar refractivity (Wildman–Crippen MR) is 89.9 cm³/mol. The van der Waals surface area contributed by atoms with Crippen LogP contribution in [0.1, 0.15) is 17.1 Å². The summed E-state index contributed by atoms with van der Waals surface area (Å²) in [5.74, 6) is 0. The normalized spacial score (nSPS) is 11.5. The number of likely N-dealkylation sites (N-methyl/N-ethyl adjacent to an activating group) is 1. The summed E-state index contributed by atoms with van der Waals surface area (Å²) >= 11 is 1.71. The largest absolute Gasteiger partial charge is 0.299 e. The van der Waals surface area contributed by atoms with Gasteiger partial charge in [-0.15, -0.1) is 11.3 Å². The molecule has 0 aromatic carbocycles. The Hall–Kier alpha value is -1.92. The third-order valence-corrected chi connectivity index (χ3v) is 4.53. The minimum atomic E-state index is 0.859. The van der Waals surface area contributed by atoms with E-state index in [0.29, 0.717) is 0 Å². The number of nitrogens with zero attached hydrogens (tertiary/aromatic N) is 4. The smallest absolute Gasteiger partial charge is 0.102 e. The molecule has 0 spiro atoms. The second-order valence-corrected chi connectivity index (χ2v) is 6.59. The Morgan fingerprint density at radius 3 is 2.86 bits per heavy atom. The Balaban J connectivity index is 1.55. The lowest BCUT2D eigenvalue weighted by Crippen LogP contribution is -2.23. The predicted octanol–water partition coefficient (Wildman–Crippen LogP) is 3.08. The van der Waals surface area contributed by atoms with Crippen molar-refractivity contribution in [1.82, 2.24) is 24.9 Å². The molecule has 0 unspecified atom stereocenters. The first-order valence-electron chi connectivity index (χ1n) is 7.39. The molecule has 0 bridgehead atoms. The van der Waals surface area contributed by atoms with Gasteiger partial charge in [0, 0.05) is 24.5 Å². The fraction of sp³-hybridized carbons (Fsp3) is 0.375. The number of aryl methyl sites for hydroxylation is 2. The summed E-state index contributed by atoms with van der Waals surface area (Å²) < 4.78 is 2.07. The number of aromatic nitrogens is 4. The minimum Gasteiger partial charge on any atom is -0.299 e. The van der Waals surface area contributed by atoms with Crippen LogP contribution in [0.3, 0.4) is 0 Å². The van der Waals surface area contributed by atoms with Gasteiger partial charge in [-0.25, -0.2) is 0 Å². The molecule has 3 heterocycles. The van der Waals surface area contributed by atoms with E-state index < -0.39 is 0 Å². The molecule has 0 atom stereocenters. The zero-order chi connectivity index (χ0) is 15.5. The van der Waals surface area contributed by atoms with Crippen LogP contribution < -0.4 is 0 Å². The maximum atomic E-state index is 4.50. The molecule has 0 aliphatic rings. The first kappa shape index (κ1) is 15.0. The van der Waals surface area contributed by atoms with Crippen LogP contribution >= 0.6 is 11.3 Å². The van der Waals surface area contributed by atoms with E-state index in [1.54, 1.807) is 11.3 Å². The summed E-state index contributed by atoms with van der Waals surface area (Å²) in [5.41, 5.74) is 4.46. The van der Waals surface area contributed by atoms with Crippen LogP contribution in [-0.4, -0.2) is 38.5 Å². The molecular formula is C16H21N5S. The maximum absolute atomic E-state index is 4.50. The highest BCUT2D eigenvalue weighted by Crippen LogP contribution is 2.23. The summed E-state index contributed by atoms with van der Waals surface area (Å²) in [6.07, 6.45) is 0. The number of rotatable bonds is 6. The van der Waals surface area contributed by atoms with E-state index >= 15 is 0 Å². The van der Waals surface area contributed by atoms with E-state index in [0.717, 1.165) is 36.7 Å². The highest BCUT2D eigenvalue weighted by molar-refractivity contribution is 7.13. The molecule has 3 rings (SSSR count). The summed E-state index contributed by atoms with van der Waals surface area (Å²) in [6.45, 7) is 6.85. The van der Waals surface area contributed by atoms with Gasteiger partial charge >= 0.3 is 0 Å². The fourth-order valence-electron chi connectivity index (χ4n) is 2.53. The molecule has 116 valence electrons. The van der Waals surface area contributed by atoms with Gasteiger partial charge in [0.2, 0.25) is 0 Å². The van der Waals surface area contributed by atoms with Gasteiger partial charge in [0.05, 0.1) is 17.1 Å². The lowest BCUT2D eigenvalue weighted by Gasteiger charge is -2.15. The zero-order valence-electron chi connectivity index (χ0n) is 13.2. The average Bonchev–Trinajstić information content (AvgIpc) is 3.17. The number of aromatic amines is 1. The maximum Gasteiger partial charge on any atom is 0.102 e. The fourth-order valence-corrected chi connectivity index (χ4v) is 3.22. The Kier molecular flexibility index (Phi) is 4.40. The van der Waals surface area contributed by atoms with E-state index in [9.17, 15) is 0 Å². The quantitative estimate of drug-likeness (QED) is 0.760. The van der Waals surface area contributed by atoms with Crippen LogP contribution in [0.5, 0.6) is 0 Å². The first-order chi connectivity index (χ1) is 10.6. The van der Waals surface area contributed by atoms with Crippen LogP contribution in [0.2, 0.25) is 0 Å². The number of thiophene rings is 1. The monoisotopic (exact) mass is 315 g/mol. The van der Waals surface area contributed by atoms with E-state index in [4.69, 9.17) is 0 Å². The van der Waals surface area contributed by atoms with E-state index in [1.807, 2.05) is 6.92 Å². The molecule has 0 radical (unpaired) electrons. The van der Waals surface area contributed by atoms with Crippen LogP contribution in [0.15, 0.2) is 29.6 Å². The lowest BCUT2D eigenvalue weighted by atomic mass is 10.3. The van der Waals surface area contributed by atoms with Gasteiger partial charge in [-0.2, -0.15) is 10.2 Å². The van der Waals surface area contributed by atoms with Crippen LogP contribution in [0, 0.1) is 13.8 Å². The molecule has 5 nitrogen and oxygen atoms in total. The van der Waals surface area contributed by atoms with Gasteiger partial charge in [-0.05, 0) is 44.5 Å². The van der Waals surface area contributed by atoms with Gasteiger partial charge in [-0.3, -0.25) is 14.7 Å². The van der Waals surface area contributed by atoms with Crippen LogP contribution in [0.25, 0.3) is 10.6 Å². The molecule has 0 saturated heterocycles. The Bertz CT molecular complexity index is 726. The number of nitrogens with one attached hydrogen (secondary N) is 1.